The van der Waals surface area contributed by atoms with Crippen LogP contribution in [0.25, 0.3) is 11.1 Å². The third-order valence-corrected chi connectivity index (χ3v) is 8.33. The molecule has 0 bridgehead atoms. The number of benzene rings is 1. The largest absolute Gasteiger partial charge is 0.449 e. The van der Waals surface area contributed by atoms with E-state index in [2.05, 4.69) is 23.5 Å². The second-order valence-electron chi connectivity index (χ2n) is 8.69. The summed E-state index contributed by atoms with van der Waals surface area (Å²) >= 11 is 1.21. The van der Waals surface area contributed by atoms with Crippen molar-refractivity contribution < 1.29 is 22.7 Å². The molecule has 1 aliphatic heterocycles. The Kier molecular flexibility index (Phi) is 9.31. The van der Waals surface area contributed by atoms with Gasteiger partial charge in [0.2, 0.25) is 0 Å². The molecule has 33 heavy (non-hydrogen) atoms. The lowest BCUT2D eigenvalue weighted by Gasteiger charge is -2.26. The average Bonchev–Trinajstić information content (AvgIpc) is 3.19. The van der Waals surface area contributed by atoms with E-state index >= 15 is 0 Å². The second-order valence-corrected chi connectivity index (χ2v) is 11.7. The smallest absolute Gasteiger partial charge is 0.421 e. The SMILES string of the molecule is CCCCOC(=O)NS(=O)(=O)c1sc(CC(C)C)cc1-c1ccc(CN2CCOCC2)cc1. The number of hydrogen-bond acceptors (Lipinski definition) is 7. The van der Waals surface area contributed by atoms with Crippen molar-refractivity contribution in [2.24, 2.45) is 5.92 Å². The van der Waals surface area contributed by atoms with E-state index in [1.165, 1.54) is 16.9 Å². The van der Waals surface area contributed by atoms with Crippen LogP contribution >= 0.6 is 11.3 Å². The van der Waals surface area contributed by atoms with Crippen LogP contribution in [0.1, 0.15) is 44.1 Å². The number of nitrogens with zero attached hydrogens (tertiary/aromatic N) is 1. The van der Waals surface area contributed by atoms with Crippen LogP contribution in [0.4, 0.5) is 4.79 Å². The zero-order valence-corrected chi connectivity index (χ0v) is 21.3. The molecule has 2 aromatic rings. The van der Waals surface area contributed by atoms with Crippen LogP contribution in [0.3, 0.4) is 0 Å². The molecular formula is C24H34N2O5S2. The van der Waals surface area contributed by atoms with Crippen molar-refractivity contribution in [3.8, 4) is 11.1 Å². The minimum atomic E-state index is -4.05. The van der Waals surface area contributed by atoms with E-state index in [0.717, 1.165) is 56.1 Å². The number of unbranched alkanes of at least 4 members (excludes halogenated alkanes) is 1. The fraction of sp³-hybridized carbons (Fsp3) is 0.542. The summed E-state index contributed by atoms with van der Waals surface area (Å²) in [6, 6.07) is 9.91. The lowest BCUT2D eigenvalue weighted by molar-refractivity contribution is 0.0342. The van der Waals surface area contributed by atoms with Gasteiger partial charge in [-0.1, -0.05) is 51.5 Å². The van der Waals surface area contributed by atoms with Crippen molar-refractivity contribution in [3.05, 3.63) is 40.8 Å². The van der Waals surface area contributed by atoms with E-state index in [1.54, 1.807) is 0 Å². The van der Waals surface area contributed by atoms with Crippen LogP contribution in [0, 0.1) is 5.92 Å². The number of thiophene rings is 1. The molecule has 0 unspecified atom stereocenters. The molecule has 3 rings (SSSR count). The number of amides is 1. The standard InChI is InChI=1S/C24H34N2O5S2/c1-4-5-12-31-24(27)25-33(28,29)23-22(16-21(32-23)15-18(2)3)20-8-6-19(7-9-20)17-26-10-13-30-14-11-26/h6-9,16,18H,4-5,10-15,17H2,1-3H3,(H,25,27). The van der Waals surface area contributed by atoms with Gasteiger partial charge in [0, 0.05) is 30.1 Å². The molecule has 7 nitrogen and oxygen atoms in total. The highest BCUT2D eigenvalue weighted by atomic mass is 32.2. The fourth-order valence-electron chi connectivity index (χ4n) is 3.63. The fourth-order valence-corrected chi connectivity index (χ4v) is 6.47. The summed E-state index contributed by atoms with van der Waals surface area (Å²) in [5, 5.41) is 0. The highest BCUT2D eigenvalue weighted by Gasteiger charge is 2.26. The van der Waals surface area contributed by atoms with Gasteiger partial charge in [0.15, 0.2) is 0 Å². The first-order chi connectivity index (χ1) is 15.8. The van der Waals surface area contributed by atoms with E-state index < -0.39 is 16.1 Å². The van der Waals surface area contributed by atoms with Crippen molar-refractivity contribution in [2.75, 3.05) is 32.9 Å². The summed E-state index contributed by atoms with van der Waals surface area (Å²) in [6.45, 7) is 10.5. The van der Waals surface area contributed by atoms with Gasteiger partial charge in [0.05, 0.1) is 19.8 Å². The molecule has 1 aromatic carbocycles. The van der Waals surface area contributed by atoms with Crippen molar-refractivity contribution in [1.29, 1.82) is 0 Å². The normalized spacial score (nSPS) is 15.0. The minimum Gasteiger partial charge on any atom is -0.449 e. The van der Waals surface area contributed by atoms with Gasteiger partial charge in [-0.2, -0.15) is 0 Å². The van der Waals surface area contributed by atoms with Crippen LogP contribution in [0.15, 0.2) is 34.5 Å². The molecule has 0 radical (unpaired) electrons. The number of morpholine rings is 1. The first-order valence-corrected chi connectivity index (χ1v) is 13.8. The first-order valence-electron chi connectivity index (χ1n) is 11.5. The number of nitrogens with one attached hydrogen (secondary N) is 1. The second kappa shape index (κ2) is 12.0. The molecule has 0 spiro atoms. The van der Waals surface area contributed by atoms with E-state index in [9.17, 15) is 13.2 Å². The highest BCUT2D eigenvalue weighted by Crippen LogP contribution is 2.36. The molecule has 1 N–H and O–H groups in total. The number of hydrogen-bond donors (Lipinski definition) is 1. The Morgan fingerprint density at radius 2 is 1.91 bits per heavy atom. The number of carbonyl (C=O) groups excluding carboxylic acids is 1. The molecule has 1 amide bonds. The average molecular weight is 495 g/mol. The van der Waals surface area contributed by atoms with E-state index in [-0.39, 0.29) is 10.8 Å². The molecular weight excluding hydrogens is 460 g/mol. The Labute approximate surface area is 201 Å². The monoisotopic (exact) mass is 494 g/mol. The van der Waals surface area contributed by atoms with Crippen molar-refractivity contribution in [2.45, 2.75) is 50.8 Å². The minimum absolute atomic E-state index is 0.145. The van der Waals surface area contributed by atoms with E-state index in [4.69, 9.17) is 9.47 Å². The summed E-state index contributed by atoms with van der Waals surface area (Å²) in [5.41, 5.74) is 2.59. The van der Waals surface area contributed by atoms with Gasteiger partial charge in [0.1, 0.15) is 4.21 Å². The number of rotatable bonds is 10. The topological polar surface area (TPSA) is 84.9 Å². The zero-order valence-electron chi connectivity index (χ0n) is 19.6. The van der Waals surface area contributed by atoms with Gasteiger partial charge >= 0.3 is 6.09 Å². The van der Waals surface area contributed by atoms with Crippen LogP contribution in [0.2, 0.25) is 0 Å². The van der Waals surface area contributed by atoms with Crippen molar-refractivity contribution in [1.82, 2.24) is 9.62 Å². The van der Waals surface area contributed by atoms with Gasteiger partial charge < -0.3 is 9.47 Å². The van der Waals surface area contributed by atoms with Crippen molar-refractivity contribution in [3.63, 3.8) is 0 Å². The van der Waals surface area contributed by atoms with Crippen LogP contribution < -0.4 is 4.72 Å². The molecule has 1 aromatic heterocycles. The predicted molar refractivity (Wildman–Crippen MR) is 131 cm³/mol. The number of carbonyl (C=O) groups is 1. The molecule has 1 aliphatic rings. The predicted octanol–water partition coefficient (Wildman–Crippen LogP) is 4.66. The van der Waals surface area contributed by atoms with Gasteiger partial charge in [0.25, 0.3) is 10.0 Å². The Bertz CT molecular complexity index is 1010. The van der Waals surface area contributed by atoms with E-state index in [0.29, 0.717) is 17.9 Å². The lowest BCUT2D eigenvalue weighted by Crippen LogP contribution is -2.35. The Morgan fingerprint density at radius 1 is 1.21 bits per heavy atom. The summed E-state index contributed by atoms with van der Waals surface area (Å²) in [7, 11) is -4.05. The summed E-state index contributed by atoms with van der Waals surface area (Å²) in [4.78, 5) is 15.4. The molecule has 1 fully saturated rings. The Balaban J connectivity index is 1.83. The number of ether oxygens (including phenoxy) is 2. The number of sulfonamides is 1. The molecule has 0 atom stereocenters. The van der Waals surface area contributed by atoms with Gasteiger partial charge in [-0.25, -0.2) is 17.9 Å². The van der Waals surface area contributed by atoms with Crippen LogP contribution in [-0.2, 0) is 32.5 Å². The van der Waals surface area contributed by atoms with Crippen molar-refractivity contribution >= 4 is 27.5 Å². The highest BCUT2D eigenvalue weighted by molar-refractivity contribution is 7.92. The van der Waals surface area contributed by atoms with E-state index in [1.807, 2.05) is 37.3 Å². The molecule has 1 saturated heterocycles. The third kappa shape index (κ3) is 7.53. The molecule has 0 aliphatic carbocycles. The van der Waals surface area contributed by atoms with Crippen LogP contribution in [0.5, 0.6) is 0 Å². The van der Waals surface area contributed by atoms with Gasteiger partial charge in [-0.15, -0.1) is 11.3 Å². The molecule has 182 valence electrons. The maximum Gasteiger partial charge on any atom is 0.421 e. The maximum absolute atomic E-state index is 13.1. The van der Waals surface area contributed by atoms with Gasteiger partial charge in [-0.05, 0) is 36.0 Å². The third-order valence-electron chi connectivity index (χ3n) is 5.33. The quantitative estimate of drug-likeness (QED) is 0.484. The maximum atomic E-state index is 13.1. The summed E-state index contributed by atoms with van der Waals surface area (Å²) < 4.78 is 38.8. The zero-order chi connectivity index (χ0) is 23.8. The van der Waals surface area contributed by atoms with Crippen LogP contribution in [-0.4, -0.2) is 52.3 Å². The Hall–Kier alpha value is -1.94. The summed E-state index contributed by atoms with van der Waals surface area (Å²) in [5.74, 6) is 0.384. The molecule has 2 heterocycles. The first kappa shape index (κ1) is 25.7. The Morgan fingerprint density at radius 3 is 2.55 bits per heavy atom. The molecule has 0 saturated carbocycles. The van der Waals surface area contributed by atoms with Gasteiger partial charge in [-0.3, -0.25) is 4.90 Å². The molecule has 9 heteroatoms. The lowest BCUT2D eigenvalue weighted by atomic mass is 10.0. The summed E-state index contributed by atoms with van der Waals surface area (Å²) in [6.07, 6.45) is 1.37.